The average Bonchev–Trinajstić information content (AvgIpc) is 2.41. The van der Waals surface area contributed by atoms with Crippen molar-refractivity contribution >= 4 is 0 Å². The maximum Gasteiger partial charge on any atom is 0.123 e. The largest absolute Gasteiger partial charge is 0.309 e. The zero-order valence-corrected chi connectivity index (χ0v) is 11.9. The number of halogens is 1. The first-order valence-corrected chi connectivity index (χ1v) is 7.05. The Morgan fingerprint density at radius 3 is 2.42 bits per heavy atom. The lowest BCUT2D eigenvalue weighted by molar-refractivity contribution is 0.154. The van der Waals surface area contributed by atoms with Gasteiger partial charge in [-0.25, -0.2) is 4.39 Å². The minimum absolute atomic E-state index is 0.173. The maximum atomic E-state index is 12.8. The van der Waals surface area contributed by atoms with Gasteiger partial charge in [-0.1, -0.05) is 12.1 Å². The molecule has 0 aliphatic carbocycles. The van der Waals surface area contributed by atoms with E-state index in [0.29, 0.717) is 0 Å². The van der Waals surface area contributed by atoms with Crippen LogP contribution in [0, 0.1) is 5.82 Å². The second kappa shape index (κ2) is 6.98. The van der Waals surface area contributed by atoms with Gasteiger partial charge >= 0.3 is 0 Å². The van der Waals surface area contributed by atoms with E-state index in [1.807, 2.05) is 12.1 Å². The van der Waals surface area contributed by atoms with Gasteiger partial charge in [0, 0.05) is 45.3 Å². The molecule has 4 heteroatoms. The molecule has 0 bridgehead atoms. The number of nitrogens with zero attached hydrogens (tertiary/aromatic N) is 2. The molecule has 0 saturated carbocycles. The number of piperazine rings is 1. The predicted molar refractivity (Wildman–Crippen MR) is 76.8 cm³/mol. The zero-order chi connectivity index (χ0) is 13.7. The molecular formula is C15H24FN3. The lowest BCUT2D eigenvalue weighted by Gasteiger charge is -2.32. The van der Waals surface area contributed by atoms with Gasteiger partial charge in [0.25, 0.3) is 0 Å². The molecule has 1 aromatic rings. The molecular weight excluding hydrogens is 241 g/mol. The first-order chi connectivity index (χ1) is 9.15. The van der Waals surface area contributed by atoms with E-state index >= 15 is 0 Å². The van der Waals surface area contributed by atoms with Crippen molar-refractivity contribution in [3.8, 4) is 0 Å². The lowest BCUT2D eigenvalue weighted by atomic mass is 10.1. The van der Waals surface area contributed by atoms with Crippen LogP contribution < -0.4 is 5.32 Å². The third kappa shape index (κ3) is 4.56. The van der Waals surface area contributed by atoms with Crippen LogP contribution in [-0.4, -0.2) is 56.1 Å². The Morgan fingerprint density at radius 2 is 1.79 bits per heavy atom. The SMILES string of the molecule is CC(NCCN1CCN(C)CC1)c1ccc(F)cc1. The zero-order valence-electron chi connectivity index (χ0n) is 11.9. The summed E-state index contributed by atoms with van der Waals surface area (Å²) in [5, 5.41) is 3.50. The highest BCUT2D eigenvalue weighted by Gasteiger charge is 2.13. The van der Waals surface area contributed by atoms with Gasteiger partial charge in [-0.15, -0.1) is 0 Å². The number of benzene rings is 1. The van der Waals surface area contributed by atoms with Gasteiger partial charge in [-0.05, 0) is 31.7 Å². The summed E-state index contributed by atoms with van der Waals surface area (Å²) in [4.78, 5) is 4.86. The van der Waals surface area contributed by atoms with Gasteiger partial charge in [-0.3, -0.25) is 4.90 Å². The molecule has 1 fully saturated rings. The molecule has 1 aliphatic rings. The maximum absolute atomic E-state index is 12.8. The molecule has 0 amide bonds. The number of rotatable bonds is 5. The summed E-state index contributed by atoms with van der Waals surface area (Å²) in [6, 6.07) is 7.02. The molecule has 1 aliphatic heterocycles. The van der Waals surface area contributed by atoms with E-state index < -0.39 is 0 Å². The van der Waals surface area contributed by atoms with Crippen molar-refractivity contribution in [2.24, 2.45) is 0 Å². The molecule has 1 aromatic carbocycles. The van der Waals surface area contributed by atoms with E-state index in [1.54, 1.807) is 0 Å². The number of likely N-dealkylation sites (N-methyl/N-ethyl adjacent to an activating group) is 1. The van der Waals surface area contributed by atoms with E-state index in [0.717, 1.165) is 44.8 Å². The molecule has 2 rings (SSSR count). The van der Waals surface area contributed by atoms with Gasteiger partial charge in [0.2, 0.25) is 0 Å². The van der Waals surface area contributed by atoms with E-state index in [4.69, 9.17) is 0 Å². The van der Waals surface area contributed by atoms with Crippen molar-refractivity contribution in [1.82, 2.24) is 15.1 Å². The van der Waals surface area contributed by atoms with E-state index in [-0.39, 0.29) is 11.9 Å². The van der Waals surface area contributed by atoms with E-state index in [2.05, 4.69) is 29.1 Å². The fraction of sp³-hybridized carbons (Fsp3) is 0.600. The Bertz CT molecular complexity index is 371. The lowest BCUT2D eigenvalue weighted by Crippen LogP contribution is -2.46. The standard InChI is InChI=1S/C15H24FN3/c1-13(14-3-5-15(16)6-4-14)17-7-8-19-11-9-18(2)10-12-19/h3-6,13,17H,7-12H2,1-2H3. The van der Waals surface area contributed by atoms with Crippen LogP contribution in [0.4, 0.5) is 4.39 Å². The van der Waals surface area contributed by atoms with Crippen molar-refractivity contribution in [3.05, 3.63) is 35.6 Å². The smallest absolute Gasteiger partial charge is 0.123 e. The van der Waals surface area contributed by atoms with Crippen molar-refractivity contribution in [3.63, 3.8) is 0 Å². The second-order valence-electron chi connectivity index (χ2n) is 5.37. The molecule has 3 nitrogen and oxygen atoms in total. The van der Waals surface area contributed by atoms with Crippen LogP contribution in [0.25, 0.3) is 0 Å². The van der Waals surface area contributed by atoms with Crippen LogP contribution in [-0.2, 0) is 0 Å². The fourth-order valence-corrected chi connectivity index (χ4v) is 2.38. The minimum atomic E-state index is -0.173. The van der Waals surface area contributed by atoms with Crippen molar-refractivity contribution in [1.29, 1.82) is 0 Å². The normalized spacial score (nSPS) is 19.5. The second-order valence-corrected chi connectivity index (χ2v) is 5.37. The Morgan fingerprint density at radius 1 is 1.16 bits per heavy atom. The van der Waals surface area contributed by atoms with Crippen molar-refractivity contribution in [2.75, 3.05) is 46.3 Å². The topological polar surface area (TPSA) is 18.5 Å². The van der Waals surface area contributed by atoms with Crippen LogP contribution in [0.3, 0.4) is 0 Å². The molecule has 1 unspecified atom stereocenters. The molecule has 1 saturated heterocycles. The monoisotopic (exact) mass is 265 g/mol. The van der Waals surface area contributed by atoms with Crippen molar-refractivity contribution < 1.29 is 4.39 Å². The Labute approximate surface area is 115 Å². The quantitative estimate of drug-likeness (QED) is 0.874. The molecule has 1 N–H and O–H groups in total. The summed E-state index contributed by atoms with van der Waals surface area (Å²) in [6.45, 7) is 8.81. The van der Waals surface area contributed by atoms with Crippen LogP contribution in [0.1, 0.15) is 18.5 Å². The highest BCUT2D eigenvalue weighted by atomic mass is 19.1. The number of hydrogen-bond acceptors (Lipinski definition) is 3. The summed E-state index contributed by atoms with van der Waals surface area (Å²) in [5.41, 5.74) is 1.14. The Kier molecular flexibility index (Phi) is 5.31. The summed E-state index contributed by atoms with van der Waals surface area (Å²) in [6.07, 6.45) is 0. The molecule has 0 radical (unpaired) electrons. The summed E-state index contributed by atoms with van der Waals surface area (Å²) in [5.74, 6) is -0.173. The highest BCUT2D eigenvalue weighted by molar-refractivity contribution is 5.19. The number of hydrogen-bond donors (Lipinski definition) is 1. The molecule has 0 aromatic heterocycles. The summed E-state index contributed by atoms with van der Waals surface area (Å²) < 4.78 is 12.8. The Balaban J connectivity index is 1.69. The Hall–Kier alpha value is -0.970. The van der Waals surface area contributed by atoms with Crippen LogP contribution in [0.2, 0.25) is 0 Å². The highest BCUT2D eigenvalue weighted by Crippen LogP contribution is 2.12. The third-order valence-electron chi connectivity index (χ3n) is 3.84. The van der Waals surface area contributed by atoms with Crippen LogP contribution >= 0.6 is 0 Å². The van der Waals surface area contributed by atoms with E-state index in [9.17, 15) is 4.39 Å². The first-order valence-electron chi connectivity index (χ1n) is 7.05. The summed E-state index contributed by atoms with van der Waals surface area (Å²) in [7, 11) is 2.17. The fourth-order valence-electron chi connectivity index (χ4n) is 2.38. The van der Waals surface area contributed by atoms with Gasteiger partial charge in [0.15, 0.2) is 0 Å². The molecule has 106 valence electrons. The van der Waals surface area contributed by atoms with E-state index in [1.165, 1.54) is 12.1 Å². The predicted octanol–water partition coefficient (Wildman–Crippen LogP) is 1.72. The van der Waals surface area contributed by atoms with Gasteiger partial charge < -0.3 is 10.2 Å². The first kappa shape index (κ1) is 14.4. The van der Waals surface area contributed by atoms with Crippen LogP contribution in [0.5, 0.6) is 0 Å². The van der Waals surface area contributed by atoms with Crippen LogP contribution in [0.15, 0.2) is 24.3 Å². The molecule has 1 atom stereocenters. The molecule has 0 spiro atoms. The molecule has 1 heterocycles. The molecule has 19 heavy (non-hydrogen) atoms. The van der Waals surface area contributed by atoms with Gasteiger partial charge in [-0.2, -0.15) is 0 Å². The summed E-state index contributed by atoms with van der Waals surface area (Å²) >= 11 is 0. The minimum Gasteiger partial charge on any atom is -0.309 e. The van der Waals surface area contributed by atoms with Crippen molar-refractivity contribution in [2.45, 2.75) is 13.0 Å². The van der Waals surface area contributed by atoms with Gasteiger partial charge in [0.1, 0.15) is 5.82 Å². The third-order valence-corrected chi connectivity index (χ3v) is 3.84. The number of nitrogens with one attached hydrogen (secondary N) is 1. The average molecular weight is 265 g/mol. The van der Waals surface area contributed by atoms with Gasteiger partial charge in [0.05, 0.1) is 0 Å².